The first-order valence-electron chi connectivity index (χ1n) is 5.67. The maximum atomic E-state index is 8.66. The minimum atomic E-state index is -0.148. The van der Waals surface area contributed by atoms with E-state index in [0.29, 0.717) is 13.2 Å². The van der Waals surface area contributed by atoms with Crippen LogP contribution in [0.2, 0.25) is 0 Å². The normalized spacial score (nSPS) is 9.88. The summed E-state index contributed by atoms with van der Waals surface area (Å²) in [7, 11) is 0. The Kier molecular flexibility index (Phi) is 6.16. The zero-order valence-corrected chi connectivity index (χ0v) is 10.3. The molecule has 0 atom stereocenters. The van der Waals surface area contributed by atoms with Gasteiger partial charge in [0.25, 0.3) is 0 Å². The van der Waals surface area contributed by atoms with Crippen molar-refractivity contribution >= 4 is 0 Å². The molecule has 0 amide bonds. The second kappa shape index (κ2) is 7.72. The largest absolute Gasteiger partial charge is 0.490 e. The average Bonchev–Trinajstić information content (AvgIpc) is 2.33. The summed E-state index contributed by atoms with van der Waals surface area (Å²) in [6.45, 7) is 4.88. The monoisotopic (exact) mass is 234 g/mol. The first kappa shape index (κ1) is 13.6. The van der Waals surface area contributed by atoms with Gasteiger partial charge in [-0.25, -0.2) is 0 Å². The maximum absolute atomic E-state index is 8.66. The van der Waals surface area contributed by atoms with Crippen LogP contribution in [0.25, 0.3) is 0 Å². The van der Waals surface area contributed by atoms with E-state index in [0.717, 1.165) is 11.3 Å². The van der Waals surface area contributed by atoms with Crippen molar-refractivity contribution in [3.63, 3.8) is 0 Å². The molecule has 0 fully saturated rings. The number of aliphatic hydroxyl groups is 1. The van der Waals surface area contributed by atoms with E-state index in [9.17, 15) is 0 Å². The van der Waals surface area contributed by atoms with Crippen molar-refractivity contribution in [2.75, 3.05) is 19.8 Å². The SMILES string of the molecule is CC(C)OCCOc1ccccc1C#CCO. The van der Waals surface area contributed by atoms with Crippen molar-refractivity contribution in [1.82, 2.24) is 0 Å². The lowest BCUT2D eigenvalue weighted by Crippen LogP contribution is -2.11. The Bertz CT molecular complexity index is 388. The highest BCUT2D eigenvalue weighted by Crippen LogP contribution is 2.16. The van der Waals surface area contributed by atoms with Gasteiger partial charge in [-0.05, 0) is 26.0 Å². The highest BCUT2D eigenvalue weighted by atomic mass is 16.5. The van der Waals surface area contributed by atoms with Gasteiger partial charge in [-0.1, -0.05) is 24.0 Å². The summed E-state index contributed by atoms with van der Waals surface area (Å²) in [5.41, 5.74) is 0.783. The van der Waals surface area contributed by atoms with Crippen LogP contribution in [-0.4, -0.2) is 31.0 Å². The molecule has 3 nitrogen and oxygen atoms in total. The lowest BCUT2D eigenvalue weighted by Gasteiger charge is -2.10. The van der Waals surface area contributed by atoms with Crippen LogP contribution in [0.1, 0.15) is 19.4 Å². The second-order valence-electron chi connectivity index (χ2n) is 3.72. The molecule has 1 aromatic carbocycles. The highest BCUT2D eigenvalue weighted by Gasteiger charge is 2.00. The molecule has 3 heteroatoms. The molecule has 0 spiro atoms. The number of aliphatic hydroxyl groups excluding tert-OH is 1. The zero-order valence-electron chi connectivity index (χ0n) is 10.3. The van der Waals surface area contributed by atoms with E-state index in [1.807, 2.05) is 38.1 Å². The molecule has 0 saturated carbocycles. The fourth-order valence-corrected chi connectivity index (χ4v) is 1.27. The van der Waals surface area contributed by atoms with E-state index in [1.165, 1.54) is 0 Å². The molecule has 0 radical (unpaired) electrons. The van der Waals surface area contributed by atoms with Gasteiger partial charge in [-0.3, -0.25) is 0 Å². The van der Waals surface area contributed by atoms with Crippen molar-refractivity contribution in [2.24, 2.45) is 0 Å². The summed E-state index contributed by atoms with van der Waals surface area (Å²) < 4.78 is 11.0. The number of hydrogen-bond donors (Lipinski definition) is 1. The summed E-state index contributed by atoms with van der Waals surface area (Å²) in [5.74, 6) is 6.18. The number of para-hydroxylation sites is 1. The molecule has 1 aromatic rings. The Balaban J connectivity index is 2.52. The molecule has 1 N–H and O–H groups in total. The molecular formula is C14H18O3. The Hall–Kier alpha value is -1.50. The molecule has 0 aliphatic rings. The summed E-state index contributed by atoms with van der Waals surface area (Å²) in [6.07, 6.45) is 0.211. The lowest BCUT2D eigenvalue weighted by molar-refractivity contribution is 0.0552. The fraction of sp³-hybridized carbons (Fsp3) is 0.429. The van der Waals surface area contributed by atoms with Crippen LogP contribution in [0.4, 0.5) is 0 Å². The van der Waals surface area contributed by atoms with E-state index in [2.05, 4.69) is 11.8 Å². The van der Waals surface area contributed by atoms with Crippen molar-refractivity contribution < 1.29 is 14.6 Å². The number of rotatable bonds is 5. The van der Waals surface area contributed by atoms with Crippen molar-refractivity contribution in [3.8, 4) is 17.6 Å². The predicted octanol–water partition coefficient (Wildman–Crippen LogP) is 1.83. The van der Waals surface area contributed by atoms with Crippen LogP contribution < -0.4 is 4.74 Å². The summed E-state index contributed by atoms with van der Waals surface area (Å²) in [4.78, 5) is 0. The van der Waals surface area contributed by atoms with Gasteiger partial charge in [-0.2, -0.15) is 0 Å². The van der Waals surface area contributed by atoms with Crippen LogP contribution in [0.3, 0.4) is 0 Å². The minimum absolute atomic E-state index is 0.148. The van der Waals surface area contributed by atoms with Crippen LogP contribution >= 0.6 is 0 Å². The van der Waals surface area contributed by atoms with Crippen LogP contribution in [-0.2, 0) is 4.74 Å². The third kappa shape index (κ3) is 5.39. The molecule has 92 valence electrons. The molecule has 1 rings (SSSR count). The summed E-state index contributed by atoms with van der Waals surface area (Å²) >= 11 is 0. The van der Waals surface area contributed by atoms with Gasteiger partial charge >= 0.3 is 0 Å². The first-order valence-corrected chi connectivity index (χ1v) is 5.67. The number of hydrogen-bond acceptors (Lipinski definition) is 3. The van der Waals surface area contributed by atoms with Crippen molar-refractivity contribution in [3.05, 3.63) is 29.8 Å². The van der Waals surface area contributed by atoms with Crippen LogP contribution in [0.5, 0.6) is 5.75 Å². The standard InChI is InChI=1S/C14H18O3/c1-12(2)16-10-11-17-14-8-4-3-6-13(14)7-5-9-15/h3-4,6,8,12,15H,9-11H2,1-2H3. The molecule has 0 unspecified atom stereocenters. The number of benzene rings is 1. The number of ether oxygens (including phenoxy) is 2. The minimum Gasteiger partial charge on any atom is -0.490 e. The zero-order chi connectivity index (χ0) is 12.5. The Labute approximate surface area is 102 Å². The first-order chi connectivity index (χ1) is 8.24. The quantitative estimate of drug-likeness (QED) is 0.624. The lowest BCUT2D eigenvalue weighted by atomic mass is 10.2. The van der Waals surface area contributed by atoms with Gasteiger partial charge in [0.2, 0.25) is 0 Å². The molecule has 0 bridgehead atoms. The maximum Gasteiger partial charge on any atom is 0.135 e. The molecule has 0 aromatic heterocycles. The van der Waals surface area contributed by atoms with Crippen LogP contribution in [0, 0.1) is 11.8 Å². The molecule has 0 aliphatic carbocycles. The Morgan fingerprint density at radius 2 is 2.00 bits per heavy atom. The fourth-order valence-electron chi connectivity index (χ4n) is 1.27. The highest BCUT2D eigenvalue weighted by molar-refractivity contribution is 5.45. The molecular weight excluding hydrogens is 216 g/mol. The van der Waals surface area contributed by atoms with E-state index >= 15 is 0 Å². The van der Waals surface area contributed by atoms with Gasteiger partial charge in [0, 0.05) is 0 Å². The Morgan fingerprint density at radius 1 is 1.24 bits per heavy atom. The Morgan fingerprint density at radius 3 is 2.71 bits per heavy atom. The summed E-state index contributed by atoms with van der Waals surface area (Å²) in [6, 6.07) is 7.50. The van der Waals surface area contributed by atoms with E-state index in [4.69, 9.17) is 14.6 Å². The molecule has 0 saturated heterocycles. The van der Waals surface area contributed by atoms with E-state index in [1.54, 1.807) is 0 Å². The van der Waals surface area contributed by atoms with Gasteiger partial charge in [0.05, 0.1) is 18.3 Å². The van der Waals surface area contributed by atoms with Gasteiger partial charge < -0.3 is 14.6 Å². The molecule has 0 heterocycles. The second-order valence-corrected chi connectivity index (χ2v) is 3.72. The molecule has 0 aliphatic heterocycles. The predicted molar refractivity (Wildman–Crippen MR) is 67.0 cm³/mol. The average molecular weight is 234 g/mol. The van der Waals surface area contributed by atoms with E-state index < -0.39 is 0 Å². The third-order valence-electron chi connectivity index (χ3n) is 1.98. The molecule has 17 heavy (non-hydrogen) atoms. The van der Waals surface area contributed by atoms with Gasteiger partial charge in [0.1, 0.15) is 19.0 Å². The van der Waals surface area contributed by atoms with Gasteiger partial charge in [0.15, 0.2) is 0 Å². The van der Waals surface area contributed by atoms with Gasteiger partial charge in [-0.15, -0.1) is 0 Å². The van der Waals surface area contributed by atoms with E-state index in [-0.39, 0.29) is 12.7 Å². The van der Waals surface area contributed by atoms with Crippen molar-refractivity contribution in [1.29, 1.82) is 0 Å². The topological polar surface area (TPSA) is 38.7 Å². The van der Waals surface area contributed by atoms with Crippen molar-refractivity contribution in [2.45, 2.75) is 20.0 Å². The third-order valence-corrected chi connectivity index (χ3v) is 1.98. The smallest absolute Gasteiger partial charge is 0.135 e. The van der Waals surface area contributed by atoms with Crippen LogP contribution in [0.15, 0.2) is 24.3 Å². The summed E-state index contributed by atoms with van der Waals surface area (Å²) in [5, 5.41) is 8.66.